The van der Waals surface area contributed by atoms with E-state index in [1.54, 1.807) is 0 Å². The highest BCUT2D eigenvalue weighted by molar-refractivity contribution is 9.10. The Balaban J connectivity index is 2.17. The number of nitrogens with one attached hydrogen (secondary N) is 1. The van der Waals surface area contributed by atoms with Crippen LogP contribution in [0.3, 0.4) is 0 Å². The summed E-state index contributed by atoms with van der Waals surface area (Å²) in [7, 11) is 0. The predicted octanol–water partition coefficient (Wildman–Crippen LogP) is 1.74. The van der Waals surface area contributed by atoms with E-state index in [4.69, 9.17) is 0 Å². The molecule has 0 saturated carbocycles. The lowest BCUT2D eigenvalue weighted by molar-refractivity contribution is 0.226. The minimum atomic E-state index is 0.272. The van der Waals surface area contributed by atoms with Gasteiger partial charge in [0.15, 0.2) is 0 Å². The van der Waals surface area contributed by atoms with Crippen molar-refractivity contribution in [1.82, 2.24) is 5.32 Å². The lowest BCUT2D eigenvalue weighted by Gasteiger charge is -2.16. The van der Waals surface area contributed by atoms with E-state index >= 15 is 0 Å². The predicted molar refractivity (Wildman–Crippen MR) is 60.3 cm³/mol. The van der Waals surface area contributed by atoms with Crippen LogP contribution in [-0.4, -0.2) is 24.8 Å². The Labute approximate surface area is 92.5 Å². The van der Waals surface area contributed by atoms with Gasteiger partial charge in [-0.1, -0.05) is 28.1 Å². The van der Waals surface area contributed by atoms with Crippen LogP contribution in [0.5, 0.6) is 0 Å². The number of halogens is 1. The highest BCUT2D eigenvalue weighted by atomic mass is 79.9. The van der Waals surface area contributed by atoms with Crippen molar-refractivity contribution in [2.24, 2.45) is 5.92 Å². The zero-order chi connectivity index (χ0) is 9.97. The van der Waals surface area contributed by atoms with Gasteiger partial charge in [-0.25, -0.2) is 0 Å². The van der Waals surface area contributed by atoms with E-state index in [2.05, 4.69) is 45.5 Å². The molecule has 3 heteroatoms. The summed E-state index contributed by atoms with van der Waals surface area (Å²) < 4.78 is 1.10. The van der Waals surface area contributed by atoms with Crippen molar-refractivity contribution in [3.05, 3.63) is 34.3 Å². The first-order valence-electron chi connectivity index (χ1n) is 4.88. The molecule has 1 aliphatic heterocycles. The van der Waals surface area contributed by atoms with Crippen LogP contribution in [0.15, 0.2) is 28.7 Å². The summed E-state index contributed by atoms with van der Waals surface area (Å²) in [6.45, 7) is 2.18. The highest BCUT2D eigenvalue weighted by Crippen LogP contribution is 2.28. The average molecular weight is 256 g/mol. The van der Waals surface area contributed by atoms with E-state index < -0.39 is 0 Å². The summed E-state index contributed by atoms with van der Waals surface area (Å²) in [4.78, 5) is 0. The number of aliphatic hydroxyl groups excluding tert-OH is 1. The van der Waals surface area contributed by atoms with Gasteiger partial charge in [0, 0.05) is 36.0 Å². The molecular formula is C11H14BrNO. The summed E-state index contributed by atoms with van der Waals surface area (Å²) in [6, 6.07) is 8.37. The number of hydrogen-bond acceptors (Lipinski definition) is 2. The lowest BCUT2D eigenvalue weighted by atomic mass is 9.90. The smallest absolute Gasteiger partial charge is 0.0477 e. The van der Waals surface area contributed by atoms with Crippen LogP contribution < -0.4 is 5.32 Å². The van der Waals surface area contributed by atoms with Gasteiger partial charge in [0.1, 0.15) is 0 Å². The first kappa shape index (κ1) is 10.1. The molecule has 1 fully saturated rings. The molecule has 1 aromatic carbocycles. The first-order chi connectivity index (χ1) is 6.81. The monoisotopic (exact) mass is 255 g/mol. The van der Waals surface area contributed by atoms with E-state index in [1.165, 1.54) is 5.56 Å². The van der Waals surface area contributed by atoms with E-state index in [1.807, 2.05) is 0 Å². The third kappa shape index (κ3) is 2.00. The molecule has 0 aliphatic carbocycles. The fourth-order valence-corrected chi connectivity index (χ4v) is 2.29. The molecule has 0 bridgehead atoms. The maximum Gasteiger partial charge on any atom is 0.0477 e. The second kappa shape index (κ2) is 4.43. The summed E-state index contributed by atoms with van der Waals surface area (Å²) in [5.74, 6) is 0.837. The van der Waals surface area contributed by atoms with Crippen molar-refractivity contribution < 1.29 is 5.11 Å². The van der Waals surface area contributed by atoms with Gasteiger partial charge >= 0.3 is 0 Å². The molecule has 14 heavy (non-hydrogen) atoms. The van der Waals surface area contributed by atoms with Crippen molar-refractivity contribution in [3.63, 3.8) is 0 Å². The molecule has 2 atom stereocenters. The Morgan fingerprint density at radius 2 is 2.00 bits per heavy atom. The second-order valence-corrected chi connectivity index (χ2v) is 4.67. The number of hydrogen-bond donors (Lipinski definition) is 2. The molecule has 2 N–H and O–H groups in total. The highest BCUT2D eigenvalue weighted by Gasteiger charge is 2.27. The van der Waals surface area contributed by atoms with Crippen LogP contribution in [0.1, 0.15) is 11.5 Å². The Hall–Kier alpha value is -0.380. The molecule has 2 nitrogen and oxygen atoms in total. The molecular weight excluding hydrogens is 242 g/mol. The van der Waals surface area contributed by atoms with Crippen molar-refractivity contribution in [3.8, 4) is 0 Å². The minimum Gasteiger partial charge on any atom is -0.396 e. The molecule has 1 saturated heterocycles. The Morgan fingerprint density at radius 3 is 2.64 bits per heavy atom. The quantitative estimate of drug-likeness (QED) is 0.844. The Kier molecular flexibility index (Phi) is 3.21. The molecule has 1 aliphatic rings. The van der Waals surface area contributed by atoms with Crippen LogP contribution in [0.2, 0.25) is 0 Å². The molecule has 0 spiro atoms. The van der Waals surface area contributed by atoms with E-state index in [-0.39, 0.29) is 6.61 Å². The van der Waals surface area contributed by atoms with Gasteiger partial charge in [0.2, 0.25) is 0 Å². The zero-order valence-electron chi connectivity index (χ0n) is 7.91. The van der Waals surface area contributed by atoms with Crippen LogP contribution in [0.4, 0.5) is 0 Å². The summed E-state index contributed by atoms with van der Waals surface area (Å²) in [6.07, 6.45) is 0. The summed E-state index contributed by atoms with van der Waals surface area (Å²) in [5.41, 5.74) is 1.32. The topological polar surface area (TPSA) is 32.3 Å². The molecule has 0 aromatic heterocycles. The average Bonchev–Trinajstić information content (AvgIpc) is 2.67. The lowest BCUT2D eigenvalue weighted by Crippen LogP contribution is -2.14. The summed E-state index contributed by atoms with van der Waals surface area (Å²) >= 11 is 3.42. The summed E-state index contributed by atoms with van der Waals surface area (Å²) in [5, 5.41) is 12.5. The Bertz CT molecular complexity index is 299. The minimum absolute atomic E-state index is 0.272. The Morgan fingerprint density at radius 1 is 1.29 bits per heavy atom. The van der Waals surface area contributed by atoms with Crippen LogP contribution >= 0.6 is 15.9 Å². The fourth-order valence-electron chi connectivity index (χ4n) is 2.02. The third-order valence-corrected chi connectivity index (χ3v) is 3.40. The van der Waals surface area contributed by atoms with Gasteiger partial charge in [-0.15, -0.1) is 0 Å². The number of rotatable bonds is 2. The third-order valence-electron chi connectivity index (χ3n) is 2.87. The molecule has 0 radical (unpaired) electrons. The van der Waals surface area contributed by atoms with E-state index in [0.717, 1.165) is 17.6 Å². The SMILES string of the molecule is OC[C@@H]1CNC[C@@H]1c1ccc(Br)cc1. The molecule has 1 aromatic rings. The standard InChI is InChI=1S/C11H14BrNO/c12-10-3-1-8(2-4-10)11-6-13-5-9(11)7-14/h1-4,9,11,13-14H,5-7H2/t9-,11+/m0/s1. The van der Waals surface area contributed by atoms with Gasteiger partial charge < -0.3 is 10.4 Å². The maximum absolute atomic E-state index is 9.20. The van der Waals surface area contributed by atoms with Crippen molar-refractivity contribution in [2.75, 3.05) is 19.7 Å². The first-order valence-corrected chi connectivity index (χ1v) is 5.67. The maximum atomic E-state index is 9.20. The number of aliphatic hydroxyl groups is 1. The largest absolute Gasteiger partial charge is 0.396 e. The molecule has 2 rings (SSSR count). The van der Waals surface area contributed by atoms with Gasteiger partial charge in [-0.2, -0.15) is 0 Å². The van der Waals surface area contributed by atoms with Crippen molar-refractivity contribution in [2.45, 2.75) is 5.92 Å². The van der Waals surface area contributed by atoms with Crippen molar-refractivity contribution in [1.29, 1.82) is 0 Å². The van der Waals surface area contributed by atoms with Crippen LogP contribution in [-0.2, 0) is 0 Å². The number of benzene rings is 1. The molecule has 76 valence electrons. The molecule has 0 unspecified atom stereocenters. The van der Waals surface area contributed by atoms with Gasteiger partial charge in [-0.05, 0) is 17.7 Å². The van der Waals surface area contributed by atoms with Gasteiger partial charge in [0.05, 0.1) is 0 Å². The zero-order valence-corrected chi connectivity index (χ0v) is 9.50. The van der Waals surface area contributed by atoms with Crippen LogP contribution in [0.25, 0.3) is 0 Å². The van der Waals surface area contributed by atoms with Gasteiger partial charge in [-0.3, -0.25) is 0 Å². The normalized spacial score (nSPS) is 26.7. The van der Waals surface area contributed by atoms with Crippen LogP contribution in [0, 0.1) is 5.92 Å². The molecule has 0 amide bonds. The van der Waals surface area contributed by atoms with Gasteiger partial charge in [0.25, 0.3) is 0 Å². The second-order valence-electron chi connectivity index (χ2n) is 3.76. The van der Waals surface area contributed by atoms with E-state index in [0.29, 0.717) is 11.8 Å². The molecule has 1 heterocycles. The van der Waals surface area contributed by atoms with E-state index in [9.17, 15) is 5.11 Å². The fraction of sp³-hybridized carbons (Fsp3) is 0.455. The van der Waals surface area contributed by atoms with Crippen molar-refractivity contribution >= 4 is 15.9 Å².